The smallest absolute Gasteiger partial charge is 0.268 e. The number of hydrogen-bond donors (Lipinski definition) is 1. The van der Waals surface area contributed by atoms with Crippen molar-refractivity contribution in [2.24, 2.45) is 10.9 Å². The summed E-state index contributed by atoms with van der Waals surface area (Å²) in [4.78, 5) is 0. The number of para-hydroxylation sites is 1. The fraction of sp³-hybridized carbons (Fsp3) is 0.136. The number of anilines is 2. The number of nitrogens with two attached hydrogens (primary N) is 1. The fourth-order valence-corrected chi connectivity index (χ4v) is 3.40. The van der Waals surface area contributed by atoms with Gasteiger partial charge in [-0.2, -0.15) is 31.1 Å². The molecule has 0 amide bonds. The largest absolute Gasteiger partial charge is 0.518 e. The summed E-state index contributed by atoms with van der Waals surface area (Å²) in [6.07, 6.45) is 4.44. The van der Waals surface area contributed by atoms with E-state index in [0.717, 1.165) is 0 Å². The maximum Gasteiger partial charge on any atom is 0.518 e. The molecule has 0 aliphatic carbocycles. The Kier molecular flexibility index (Phi) is 7.65. The van der Waals surface area contributed by atoms with Crippen LogP contribution in [0.3, 0.4) is 0 Å². The zero-order chi connectivity index (χ0) is 24.1. The number of rotatable bonds is 8. The molecule has 2 N–H and O–H groups in total. The Hall–Kier alpha value is -3.37. The van der Waals surface area contributed by atoms with Crippen molar-refractivity contribution in [1.82, 2.24) is 0 Å². The van der Waals surface area contributed by atoms with E-state index in [1.807, 2.05) is 6.07 Å². The SMILES string of the molecule is C=C/C=C(C=C)/C(=N\N(C)c1ccccc1)c1cc(C)ccc1N(N)S(=O)(=O)C(F)(F)F. The topological polar surface area (TPSA) is 79.0 Å². The summed E-state index contributed by atoms with van der Waals surface area (Å²) >= 11 is 0. The van der Waals surface area contributed by atoms with E-state index < -0.39 is 21.2 Å². The van der Waals surface area contributed by atoms with E-state index in [4.69, 9.17) is 5.84 Å². The summed E-state index contributed by atoms with van der Waals surface area (Å²) in [6, 6.07) is 13.1. The van der Waals surface area contributed by atoms with Crippen LogP contribution in [0.15, 0.2) is 90.6 Å². The Bertz CT molecular complexity index is 1160. The Morgan fingerprint density at radius 2 is 1.75 bits per heavy atom. The molecule has 0 aliphatic rings. The summed E-state index contributed by atoms with van der Waals surface area (Å²) in [5.41, 5.74) is -4.03. The van der Waals surface area contributed by atoms with Gasteiger partial charge in [-0.25, -0.2) is 5.84 Å². The Labute approximate surface area is 185 Å². The minimum Gasteiger partial charge on any atom is -0.268 e. The van der Waals surface area contributed by atoms with Crippen molar-refractivity contribution < 1.29 is 21.6 Å². The highest BCUT2D eigenvalue weighted by Crippen LogP contribution is 2.32. The van der Waals surface area contributed by atoms with Crippen molar-refractivity contribution in [3.8, 4) is 0 Å². The number of alkyl halides is 3. The fourth-order valence-electron chi connectivity index (χ4n) is 2.76. The van der Waals surface area contributed by atoms with Gasteiger partial charge in [0.2, 0.25) is 0 Å². The zero-order valence-electron chi connectivity index (χ0n) is 17.5. The maximum atomic E-state index is 13.2. The number of hydrogen-bond acceptors (Lipinski definition) is 5. The van der Waals surface area contributed by atoms with Crippen molar-refractivity contribution in [3.63, 3.8) is 0 Å². The number of aryl methyl sites for hydroxylation is 1. The minimum atomic E-state index is -5.85. The Morgan fingerprint density at radius 1 is 1.12 bits per heavy atom. The zero-order valence-corrected chi connectivity index (χ0v) is 18.4. The molecule has 0 aromatic heterocycles. The van der Waals surface area contributed by atoms with Crippen molar-refractivity contribution in [1.29, 1.82) is 0 Å². The summed E-state index contributed by atoms with van der Waals surface area (Å²) in [6.45, 7) is 9.07. The minimum absolute atomic E-state index is 0.0658. The maximum absolute atomic E-state index is 13.2. The van der Waals surface area contributed by atoms with Gasteiger partial charge in [0.25, 0.3) is 0 Å². The lowest BCUT2D eigenvalue weighted by Gasteiger charge is -2.24. The number of halogens is 3. The van der Waals surface area contributed by atoms with Crippen LogP contribution in [0.2, 0.25) is 0 Å². The number of allylic oxidation sites excluding steroid dienone is 4. The van der Waals surface area contributed by atoms with Crippen LogP contribution in [0, 0.1) is 6.92 Å². The first-order valence-electron chi connectivity index (χ1n) is 9.24. The van der Waals surface area contributed by atoms with Gasteiger partial charge < -0.3 is 0 Å². The predicted octanol–water partition coefficient (Wildman–Crippen LogP) is 4.66. The van der Waals surface area contributed by atoms with Crippen LogP contribution in [0.25, 0.3) is 0 Å². The second-order valence-corrected chi connectivity index (χ2v) is 8.44. The van der Waals surface area contributed by atoms with E-state index in [1.54, 1.807) is 44.3 Å². The lowest BCUT2D eigenvalue weighted by molar-refractivity contribution is -0.0438. The number of sulfonamides is 1. The molecule has 10 heteroatoms. The summed E-state index contributed by atoms with van der Waals surface area (Å²) in [5.74, 6) is 5.50. The third-order valence-corrected chi connectivity index (χ3v) is 5.67. The van der Waals surface area contributed by atoms with E-state index in [-0.39, 0.29) is 15.7 Å². The number of hydrazone groups is 1. The molecule has 0 unspecified atom stereocenters. The van der Waals surface area contributed by atoms with Crippen molar-refractivity contribution >= 4 is 27.1 Å². The van der Waals surface area contributed by atoms with Gasteiger partial charge in [-0.05, 0) is 31.2 Å². The number of hydrazine groups is 1. The molecule has 2 aromatic carbocycles. The van der Waals surface area contributed by atoms with E-state index in [0.29, 0.717) is 16.8 Å². The highest BCUT2D eigenvalue weighted by atomic mass is 32.2. The first kappa shape index (κ1) is 24.9. The van der Waals surface area contributed by atoms with Crippen molar-refractivity contribution in [2.45, 2.75) is 12.4 Å². The van der Waals surface area contributed by atoms with Gasteiger partial charge in [0.05, 0.1) is 11.4 Å². The molecule has 0 fully saturated rings. The molecule has 6 nitrogen and oxygen atoms in total. The average Bonchev–Trinajstić information content (AvgIpc) is 2.75. The molecule has 2 aromatic rings. The molecule has 32 heavy (non-hydrogen) atoms. The standard InChI is InChI=1S/C22H23F3N4O2S/c1-5-10-17(6-2)21(27-28(4)18-11-8-7-9-12-18)19-15-16(3)13-14-20(19)29(26)32(30,31)22(23,24)25/h5-15H,1-2,26H2,3-4H3/b17-10+,27-21+. The first-order chi connectivity index (χ1) is 14.9. The molecular weight excluding hydrogens is 441 g/mol. The average molecular weight is 465 g/mol. The van der Waals surface area contributed by atoms with Gasteiger partial charge in [0, 0.05) is 18.2 Å². The van der Waals surface area contributed by atoms with Crippen LogP contribution >= 0.6 is 0 Å². The third-order valence-electron chi connectivity index (χ3n) is 4.37. The van der Waals surface area contributed by atoms with Gasteiger partial charge in [-0.15, -0.1) is 0 Å². The molecule has 0 aliphatic heterocycles. The van der Waals surface area contributed by atoms with Gasteiger partial charge in [0.1, 0.15) is 5.71 Å². The summed E-state index contributed by atoms with van der Waals surface area (Å²) in [7, 11) is -4.20. The molecule has 0 heterocycles. The molecule has 2 rings (SSSR count). The Balaban J connectivity index is 2.81. The molecule has 0 spiro atoms. The molecule has 170 valence electrons. The van der Waals surface area contributed by atoms with Crippen molar-refractivity contribution in [2.75, 3.05) is 16.5 Å². The van der Waals surface area contributed by atoms with Crippen LogP contribution < -0.4 is 15.3 Å². The normalized spacial score (nSPS) is 12.9. The first-order valence-corrected chi connectivity index (χ1v) is 10.7. The Morgan fingerprint density at radius 3 is 2.28 bits per heavy atom. The van der Waals surface area contributed by atoms with Crippen LogP contribution in [-0.4, -0.2) is 26.7 Å². The highest BCUT2D eigenvalue weighted by molar-refractivity contribution is 7.93. The van der Waals surface area contributed by atoms with Gasteiger partial charge in [-0.3, -0.25) is 5.01 Å². The van der Waals surface area contributed by atoms with E-state index in [2.05, 4.69) is 18.3 Å². The van der Waals surface area contributed by atoms with E-state index in [9.17, 15) is 21.6 Å². The molecule has 0 atom stereocenters. The lowest BCUT2D eigenvalue weighted by Crippen LogP contribution is -2.46. The van der Waals surface area contributed by atoms with E-state index >= 15 is 0 Å². The van der Waals surface area contributed by atoms with Gasteiger partial charge in [0.15, 0.2) is 0 Å². The predicted molar refractivity (Wildman–Crippen MR) is 123 cm³/mol. The van der Waals surface area contributed by atoms with Crippen molar-refractivity contribution in [3.05, 3.63) is 96.6 Å². The number of benzene rings is 2. The monoisotopic (exact) mass is 464 g/mol. The van der Waals surface area contributed by atoms with Crippen LogP contribution in [-0.2, 0) is 10.0 Å². The summed E-state index contributed by atoms with van der Waals surface area (Å²) < 4.78 is 63.2. The molecular formula is C22H23F3N4O2S. The molecule has 0 saturated carbocycles. The molecule has 0 radical (unpaired) electrons. The summed E-state index contributed by atoms with van der Waals surface area (Å²) in [5, 5.41) is 6.04. The lowest BCUT2D eigenvalue weighted by atomic mass is 9.98. The van der Waals surface area contributed by atoms with Crippen LogP contribution in [0.4, 0.5) is 24.5 Å². The van der Waals surface area contributed by atoms with Crippen LogP contribution in [0.5, 0.6) is 0 Å². The van der Waals surface area contributed by atoms with E-state index in [1.165, 1.54) is 35.4 Å². The second-order valence-electron chi connectivity index (χ2n) is 6.64. The molecule has 0 bridgehead atoms. The highest BCUT2D eigenvalue weighted by Gasteiger charge is 2.50. The van der Waals surface area contributed by atoms with Gasteiger partial charge >= 0.3 is 15.5 Å². The van der Waals surface area contributed by atoms with Crippen LogP contribution in [0.1, 0.15) is 11.1 Å². The quantitative estimate of drug-likeness (QED) is 0.267. The molecule has 0 saturated heterocycles. The third kappa shape index (κ3) is 5.27. The second kappa shape index (κ2) is 9.84. The number of nitrogens with zero attached hydrogens (tertiary/aromatic N) is 3. The van der Waals surface area contributed by atoms with Gasteiger partial charge in [-0.1, -0.05) is 61.2 Å².